The van der Waals surface area contributed by atoms with Gasteiger partial charge in [-0.2, -0.15) is 0 Å². The summed E-state index contributed by atoms with van der Waals surface area (Å²) in [6, 6.07) is 7.67. The molecular weight excluding hydrogens is 294 g/mol. The molecule has 0 unspecified atom stereocenters. The lowest BCUT2D eigenvalue weighted by molar-refractivity contribution is -0.122. The zero-order valence-corrected chi connectivity index (χ0v) is 12.7. The molecule has 0 spiro atoms. The van der Waals surface area contributed by atoms with Crippen LogP contribution in [0.1, 0.15) is 33.6 Å². The molecule has 0 aliphatic carbocycles. The second-order valence-corrected chi connectivity index (χ2v) is 6.12. The van der Waals surface area contributed by atoms with E-state index in [1.807, 2.05) is 45.0 Å². The van der Waals surface area contributed by atoms with Crippen LogP contribution in [0.25, 0.3) is 0 Å². The Morgan fingerprint density at radius 1 is 1.28 bits per heavy atom. The first-order valence-electron chi connectivity index (χ1n) is 6.06. The molecular formula is C14H20BrNO2. The van der Waals surface area contributed by atoms with E-state index in [4.69, 9.17) is 4.74 Å². The highest BCUT2D eigenvalue weighted by Crippen LogP contribution is 2.16. The molecule has 0 saturated carbocycles. The largest absolute Gasteiger partial charge is 0.494 e. The second-order valence-electron chi connectivity index (χ2n) is 5.20. The summed E-state index contributed by atoms with van der Waals surface area (Å²) in [5, 5.41) is 2.92. The van der Waals surface area contributed by atoms with E-state index in [1.54, 1.807) is 0 Å². The first kappa shape index (κ1) is 15.0. The van der Waals surface area contributed by atoms with E-state index in [9.17, 15) is 4.79 Å². The van der Waals surface area contributed by atoms with Crippen molar-refractivity contribution in [3.8, 4) is 5.75 Å². The zero-order chi connectivity index (χ0) is 13.6. The standard InChI is InChI=1S/C14H20BrNO2/c1-14(2,3)16-13(17)5-4-10-18-12-8-6-11(15)7-9-12/h6-9H,4-5,10H2,1-3H3,(H,16,17). The van der Waals surface area contributed by atoms with Crippen LogP contribution >= 0.6 is 15.9 Å². The minimum atomic E-state index is -0.163. The molecule has 1 N–H and O–H groups in total. The van der Waals surface area contributed by atoms with Crippen LogP contribution in [-0.2, 0) is 4.79 Å². The molecule has 18 heavy (non-hydrogen) atoms. The number of carbonyl (C=O) groups excluding carboxylic acids is 1. The fraction of sp³-hybridized carbons (Fsp3) is 0.500. The molecule has 0 heterocycles. The monoisotopic (exact) mass is 313 g/mol. The van der Waals surface area contributed by atoms with Gasteiger partial charge in [0.25, 0.3) is 0 Å². The Labute approximate surface area is 117 Å². The number of rotatable bonds is 5. The van der Waals surface area contributed by atoms with Gasteiger partial charge in [-0.25, -0.2) is 0 Å². The molecule has 0 bridgehead atoms. The maximum atomic E-state index is 11.5. The molecule has 100 valence electrons. The summed E-state index contributed by atoms with van der Waals surface area (Å²) in [6.45, 7) is 6.48. The molecule has 0 aliphatic rings. The molecule has 1 aromatic carbocycles. The summed E-state index contributed by atoms with van der Waals surface area (Å²) in [6.07, 6.45) is 1.21. The Bertz CT molecular complexity index is 382. The smallest absolute Gasteiger partial charge is 0.220 e. The van der Waals surface area contributed by atoms with Gasteiger partial charge >= 0.3 is 0 Å². The predicted molar refractivity (Wildman–Crippen MR) is 76.8 cm³/mol. The summed E-state index contributed by atoms with van der Waals surface area (Å²) >= 11 is 3.37. The fourth-order valence-corrected chi connectivity index (χ4v) is 1.70. The van der Waals surface area contributed by atoms with Crippen LogP contribution in [0.4, 0.5) is 0 Å². The van der Waals surface area contributed by atoms with Crippen molar-refractivity contribution in [2.75, 3.05) is 6.61 Å². The topological polar surface area (TPSA) is 38.3 Å². The summed E-state index contributed by atoms with van der Waals surface area (Å²) in [4.78, 5) is 11.5. The van der Waals surface area contributed by atoms with Crippen LogP contribution in [0, 0.1) is 0 Å². The number of carbonyl (C=O) groups is 1. The maximum Gasteiger partial charge on any atom is 0.220 e. The van der Waals surface area contributed by atoms with Crippen molar-refractivity contribution in [1.82, 2.24) is 5.32 Å². The van der Waals surface area contributed by atoms with Gasteiger partial charge in [-0.1, -0.05) is 15.9 Å². The highest BCUT2D eigenvalue weighted by molar-refractivity contribution is 9.10. The molecule has 0 atom stereocenters. The SMILES string of the molecule is CC(C)(C)NC(=O)CCCOc1ccc(Br)cc1. The van der Waals surface area contributed by atoms with E-state index >= 15 is 0 Å². The van der Waals surface area contributed by atoms with Gasteiger partial charge in [-0.3, -0.25) is 4.79 Å². The zero-order valence-electron chi connectivity index (χ0n) is 11.1. The molecule has 0 aliphatic heterocycles. The van der Waals surface area contributed by atoms with Gasteiger partial charge in [-0.15, -0.1) is 0 Å². The Hall–Kier alpha value is -1.03. The molecule has 1 rings (SSSR count). The van der Waals surface area contributed by atoms with Crippen molar-refractivity contribution in [2.45, 2.75) is 39.2 Å². The van der Waals surface area contributed by atoms with Crippen LogP contribution in [0.15, 0.2) is 28.7 Å². The van der Waals surface area contributed by atoms with Gasteiger partial charge in [0.2, 0.25) is 5.91 Å². The Morgan fingerprint density at radius 2 is 1.89 bits per heavy atom. The summed E-state index contributed by atoms with van der Waals surface area (Å²) < 4.78 is 6.57. The molecule has 3 nitrogen and oxygen atoms in total. The average molecular weight is 314 g/mol. The van der Waals surface area contributed by atoms with Crippen molar-refractivity contribution in [2.24, 2.45) is 0 Å². The average Bonchev–Trinajstić information content (AvgIpc) is 2.24. The minimum absolute atomic E-state index is 0.0712. The highest BCUT2D eigenvalue weighted by atomic mass is 79.9. The fourth-order valence-electron chi connectivity index (χ4n) is 1.43. The van der Waals surface area contributed by atoms with Crippen LogP contribution in [0.3, 0.4) is 0 Å². The third-order valence-electron chi connectivity index (χ3n) is 2.14. The number of nitrogens with one attached hydrogen (secondary N) is 1. The first-order valence-corrected chi connectivity index (χ1v) is 6.85. The summed E-state index contributed by atoms with van der Waals surface area (Å²) in [7, 11) is 0. The van der Waals surface area contributed by atoms with Gasteiger partial charge in [0.1, 0.15) is 5.75 Å². The quantitative estimate of drug-likeness (QED) is 0.845. The Morgan fingerprint density at radius 3 is 2.44 bits per heavy atom. The van der Waals surface area contributed by atoms with Gasteiger partial charge in [0, 0.05) is 16.4 Å². The lowest BCUT2D eigenvalue weighted by atomic mass is 10.1. The van der Waals surface area contributed by atoms with Crippen molar-refractivity contribution in [3.05, 3.63) is 28.7 Å². The van der Waals surface area contributed by atoms with E-state index < -0.39 is 0 Å². The van der Waals surface area contributed by atoms with Crippen LogP contribution in [0.2, 0.25) is 0 Å². The van der Waals surface area contributed by atoms with Gasteiger partial charge < -0.3 is 10.1 Å². The minimum Gasteiger partial charge on any atom is -0.494 e. The molecule has 4 heteroatoms. The molecule has 0 aromatic heterocycles. The van der Waals surface area contributed by atoms with E-state index in [1.165, 1.54) is 0 Å². The van der Waals surface area contributed by atoms with Gasteiger partial charge in [0.05, 0.1) is 6.61 Å². The van der Waals surface area contributed by atoms with Crippen LogP contribution in [-0.4, -0.2) is 18.1 Å². The number of hydrogen-bond donors (Lipinski definition) is 1. The first-order chi connectivity index (χ1) is 8.37. The number of amides is 1. The van der Waals surface area contributed by atoms with E-state index in [0.29, 0.717) is 13.0 Å². The third kappa shape index (κ3) is 6.64. The van der Waals surface area contributed by atoms with Crippen molar-refractivity contribution < 1.29 is 9.53 Å². The normalized spacial score (nSPS) is 11.1. The lowest BCUT2D eigenvalue weighted by Gasteiger charge is -2.20. The van der Waals surface area contributed by atoms with Crippen molar-refractivity contribution in [1.29, 1.82) is 0 Å². The van der Waals surface area contributed by atoms with Crippen LogP contribution < -0.4 is 10.1 Å². The summed E-state index contributed by atoms with van der Waals surface area (Å²) in [5.41, 5.74) is -0.163. The van der Waals surface area contributed by atoms with Gasteiger partial charge in [0.15, 0.2) is 0 Å². The summed E-state index contributed by atoms with van der Waals surface area (Å²) in [5.74, 6) is 0.899. The molecule has 0 radical (unpaired) electrons. The molecule has 1 aromatic rings. The number of halogens is 1. The number of ether oxygens (including phenoxy) is 1. The van der Waals surface area contributed by atoms with E-state index in [-0.39, 0.29) is 11.4 Å². The predicted octanol–water partition coefficient (Wildman–Crippen LogP) is 3.52. The second kappa shape index (κ2) is 6.78. The highest BCUT2D eigenvalue weighted by Gasteiger charge is 2.12. The van der Waals surface area contributed by atoms with Gasteiger partial charge in [-0.05, 0) is 51.5 Å². The Balaban J connectivity index is 2.19. The van der Waals surface area contributed by atoms with E-state index in [0.717, 1.165) is 16.6 Å². The molecule has 0 saturated heterocycles. The maximum absolute atomic E-state index is 11.5. The Kier molecular flexibility index (Phi) is 5.66. The van der Waals surface area contributed by atoms with E-state index in [2.05, 4.69) is 21.2 Å². The number of benzene rings is 1. The molecule has 0 fully saturated rings. The lowest BCUT2D eigenvalue weighted by Crippen LogP contribution is -2.40. The third-order valence-corrected chi connectivity index (χ3v) is 2.67. The van der Waals surface area contributed by atoms with Crippen LogP contribution in [0.5, 0.6) is 5.75 Å². The molecule has 1 amide bonds. The number of hydrogen-bond acceptors (Lipinski definition) is 2. The van der Waals surface area contributed by atoms with Crippen molar-refractivity contribution in [3.63, 3.8) is 0 Å². The van der Waals surface area contributed by atoms with Crippen molar-refractivity contribution >= 4 is 21.8 Å².